The predicted molar refractivity (Wildman–Crippen MR) is 78.9 cm³/mol. The van der Waals surface area contributed by atoms with Gasteiger partial charge in [-0.3, -0.25) is 4.79 Å². The van der Waals surface area contributed by atoms with Crippen molar-refractivity contribution in [2.75, 3.05) is 0 Å². The summed E-state index contributed by atoms with van der Waals surface area (Å²) in [5.74, 6) is 0. The van der Waals surface area contributed by atoms with Crippen LogP contribution in [0.5, 0.6) is 0 Å². The molecule has 1 aromatic heterocycles. The molecule has 0 amide bonds. The Balaban J connectivity index is 2.35. The quantitative estimate of drug-likeness (QED) is 0.666. The molecule has 2 nitrogen and oxygen atoms in total. The molecule has 0 atom stereocenters. The Morgan fingerprint density at radius 3 is 2.45 bits per heavy atom. The van der Waals surface area contributed by atoms with Crippen molar-refractivity contribution in [2.45, 2.75) is 13.1 Å². The number of benzene rings is 2. The lowest BCUT2D eigenvalue weighted by Crippen LogP contribution is -2.05. The number of aromatic amines is 1. The van der Waals surface area contributed by atoms with Gasteiger partial charge >= 0.3 is 6.18 Å². The zero-order valence-electron chi connectivity index (χ0n) is 11.7. The van der Waals surface area contributed by atoms with E-state index in [1.165, 1.54) is 12.1 Å². The van der Waals surface area contributed by atoms with E-state index in [4.69, 9.17) is 0 Å². The summed E-state index contributed by atoms with van der Waals surface area (Å²) >= 11 is 0. The molecular formula is C17H12F3NO. The number of halogens is 3. The molecule has 0 saturated carbocycles. The molecule has 112 valence electrons. The van der Waals surface area contributed by atoms with Crippen molar-refractivity contribution in [3.8, 4) is 11.3 Å². The van der Waals surface area contributed by atoms with E-state index in [1.807, 2.05) is 19.1 Å². The van der Waals surface area contributed by atoms with Gasteiger partial charge in [0.1, 0.15) is 0 Å². The van der Waals surface area contributed by atoms with Crippen LogP contribution in [0, 0.1) is 6.92 Å². The second kappa shape index (κ2) is 5.02. The summed E-state index contributed by atoms with van der Waals surface area (Å²) in [6.45, 7) is 1.88. The van der Waals surface area contributed by atoms with E-state index in [9.17, 15) is 18.0 Å². The highest BCUT2D eigenvalue weighted by atomic mass is 19.4. The van der Waals surface area contributed by atoms with Gasteiger partial charge in [0.15, 0.2) is 6.29 Å². The van der Waals surface area contributed by atoms with Gasteiger partial charge in [0.2, 0.25) is 0 Å². The van der Waals surface area contributed by atoms with E-state index in [0.717, 1.165) is 11.6 Å². The van der Waals surface area contributed by atoms with E-state index in [1.54, 1.807) is 12.1 Å². The average molecular weight is 303 g/mol. The zero-order valence-corrected chi connectivity index (χ0v) is 11.7. The summed E-state index contributed by atoms with van der Waals surface area (Å²) in [5.41, 5.74) is 1.47. The van der Waals surface area contributed by atoms with Crippen LogP contribution < -0.4 is 0 Å². The van der Waals surface area contributed by atoms with E-state index in [2.05, 4.69) is 4.98 Å². The van der Waals surface area contributed by atoms with Gasteiger partial charge in [-0.1, -0.05) is 35.9 Å². The van der Waals surface area contributed by atoms with Gasteiger partial charge in [0, 0.05) is 10.9 Å². The molecule has 0 aliphatic rings. The van der Waals surface area contributed by atoms with Crippen LogP contribution in [0.3, 0.4) is 0 Å². The van der Waals surface area contributed by atoms with Crippen LogP contribution in [0.2, 0.25) is 0 Å². The third kappa shape index (κ3) is 2.28. The maximum atomic E-state index is 13.1. The number of aryl methyl sites for hydroxylation is 1. The number of hydrogen-bond acceptors (Lipinski definition) is 1. The lowest BCUT2D eigenvalue weighted by atomic mass is 10.0. The van der Waals surface area contributed by atoms with Gasteiger partial charge in [0.25, 0.3) is 0 Å². The fourth-order valence-corrected chi connectivity index (χ4v) is 2.63. The van der Waals surface area contributed by atoms with E-state index < -0.39 is 11.7 Å². The third-order valence-electron chi connectivity index (χ3n) is 3.60. The van der Waals surface area contributed by atoms with Crippen LogP contribution in [0.25, 0.3) is 22.2 Å². The fourth-order valence-electron chi connectivity index (χ4n) is 2.63. The van der Waals surface area contributed by atoms with Gasteiger partial charge in [-0.25, -0.2) is 0 Å². The van der Waals surface area contributed by atoms with Gasteiger partial charge in [-0.2, -0.15) is 13.2 Å². The van der Waals surface area contributed by atoms with Gasteiger partial charge in [-0.05, 0) is 24.6 Å². The number of aldehydes is 1. The molecule has 0 aliphatic heterocycles. The molecule has 1 heterocycles. The third-order valence-corrected chi connectivity index (χ3v) is 3.60. The average Bonchev–Trinajstić information content (AvgIpc) is 2.84. The predicted octanol–water partition coefficient (Wildman–Crippen LogP) is 4.97. The maximum absolute atomic E-state index is 13.1. The molecule has 0 aliphatic carbocycles. The minimum atomic E-state index is -4.48. The Morgan fingerprint density at radius 2 is 1.82 bits per heavy atom. The molecule has 5 heteroatoms. The Hall–Kier alpha value is -2.56. The lowest BCUT2D eigenvalue weighted by molar-refractivity contribution is -0.136. The smallest absolute Gasteiger partial charge is 0.353 e. The highest BCUT2D eigenvalue weighted by molar-refractivity contribution is 6.05. The maximum Gasteiger partial charge on any atom is 0.418 e. The molecule has 22 heavy (non-hydrogen) atoms. The number of para-hydroxylation sites is 1. The van der Waals surface area contributed by atoms with Crippen molar-refractivity contribution in [3.63, 3.8) is 0 Å². The largest absolute Gasteiger partial charge is 0.418 e. The number of hydrogen-bond donors (Lipinski definition) is 1. The number of aromatic nitrogens is 1. The van der Waals surface area contributed by atoms with Crippen molar-refractivity contribution in [3.05, 3.63) is 59.2 Å². The minimum absolute atomic E-state index is 0.0615. The standard InChI is InChI=1S/C17H12F3NO/c1-10-4-2-5-11(8-10)15-13(9-22)12-6-3-7-14(16(12)21-15)17(18,19)20/h2-9,21H,1H3. The lowest BCUT2D eigenvalue weighted by Gasteiger charge is -2.07. The summed E-state index contributed by atoms with van der Waals surface area (Å²) in [6, 6.07) is 11.1. The second-order valence-corrected chi connectivity index (χ2v) is 5.13. The van der Waals surface area contributed by atoms with Crippen molar-refractivity contribution in [2.24, 2.45) is 0 Å². The van der Waals surface area contributed by atoms with Crippen molar-refractivity contribution in [1.82, 2.24) is 4.98 Å². The zero-order chi connectivity index (χ0) is 15.9. The summed E-state index contributed by atoms with van der Waals surface area (Å²) in [7, 11) is 0. The Kier molecular flexibility index (Phi) is 3.28. The van der Waals surface area contributed by atoms with Crippen LogP contribution in [0.1, 0.15) is 21.5 Å². The molecule has 0 spiro atoms. The molecule has 3 aromatic rings. The number of alkyl halides is 3. The first-order valence-electron chi connectivity index (χ1n) is 6.66. The molecule has 2 aromatic carbocycles. The van der Waals surface area contributed by atoms with Crippen LogP contribution in [0.15, 0.2) is 42.5 Å². The van der Waals surface area contributed by atoms with E-state index in [0.29, 0.717) is 17.5 Å². The molecule has 3 rings (SSSR count). The molecule has 1 N–H and O–H groups in total. The van der Waals surface area contributed by atoms with Crippen LogP contribution >= 0.6 is 0 Å². The first-order valence-corrected chi connectivity index (χ1v) is 6.66. The van der Waals surface area contributed by atoms with Crippen LogP contribution in [0.4, 0.5) is 13.2 Å². The highest BCUT2D eigenvalue weighted by Gasteiger charge is 2.33. The molecular weight excluding hydrogens is 291 g/mol. The highest BCUT2D eigenvalue weighted by Crippen LogP contribution is 2.38. The number of H-pyrrole nitrogens is 1. The number of carbonyl (C=O) groups is 1. The number of fused-ring (bicyclic) bond motifs is 1. The Bertz CT molecular complexity index is 862. The normalized spacial score (nSPS) is 11.8. The summed E-state index contributed by atoms with van der Waals surface area (Å²) in [5, 5.41) is 0.279. The van der Waals surface area contributed by atoms with Crippen LogP contribution in [-0.4, -0.2) is 11.3 Å². The number of carbonyl (C=O) groups excluding carboxylic acids is 1. The van der Waals surface area contributed by atoms with Crippen LogP contribution in [-0.2, 0) is 6.18 Å². The van der Waals surface area contributed by atoms with Crippen molar-refractivity contribution in [1.29, 1.82) is 0 Å². The topological polar surface area (TPSA) is 32.9 Å². The van der Waals surface area contributed by atoms with E-state index >= 15 is 0 Å². The first-order chi connectivity index (χ1) is 10.4. The summed E-state index contributed by atoms with van der Waals surface area (Å²) in [6.07, 6.45) is -3.88. The summed E-state index contributed by atoms with van der Waals surface area (Å²) in [4.78, 5) is 14.2. The molecule has 0 unspecified atom stereocenters. The second-order valence-electron chi connectivity index (χ2n) is 5.13. The van der Waals surface area contributed by atoms with Crippen molar-refractivity contribution >= 4 is 17.2 Å². The fraction of sp³-hybridized carbons (Fsp3) is 0.118. The Labute approximate surface area is 124 Å². The molecule has 0 radical (unpaired) electrons. The Morgan fingerprint density at radius 1 is 1.09 bits per heavy atom. The monoisotopic (exact) mass is 303 g/mol. The van der Waals surface area contributed by atoms with Gasteiger partial charge < -0.3 is 4.98 Å². The SMILES string of the molecule is Cc1cccc(-c2[nH]c3c(C(F)(F)F)cccc3c2C=O)c1. The summed E-state index contributed by atoms with van der Waals surface area (Å²) < 4.78 is 39.4. The molecule has 0 bridgehead atoms. The number of rotatable bonds is 2. The number of nitrogens with one attached hydrogen (secondary N) is 1. The van der Waals surface area contributed by atoms with Gasteiger partial charge in [0.05, 0.1) is 16.8 Å². The van der Waals surface area contributed by atoms with E-state index in [-0.39, 0.29) is 16.5 Å². The minimum Gasteiger partial charge on any atom is -0.353 e. The molecule has 0 saturated heterocycles. The molecule has 0 fully saturated rings. The van der Waals surface area contributed by atoms with Gasteiger partial charge in [-0.15, -0.1) is 0 Å². The van der Waals surface area contributed by atoms with Crippen molar-refractivity contribution < 1.29 is 18.0 Å². The first kappa shape index (κ1) is 14.4.